The highest BCUT2D eigenvalue weighted by molar-refractivity contribution is 4.84. The first-order chi connectivity index (χ1) is 10.3. The van der Waals surface area contributed by atoms with Gasteiger partial charge in [-0.05, 0) is 25.7 Å². The number of hydrogen-bond donors (Lipinski definition) is 0. The average Bonchev–Trinajstić information content (AvgIpc) is 2.87. The molecule has 1 aromatic heterocycles. The van der Waals surface area contributed by atoms with Crippen molar-refractivity contribution in [2.75, 3.05) is 0 Å². The molecule has 0 unspecified atom stereocenters. The number of aromatic nitrogens is 2. The van der Waals surface area contributed by atoms with E-state index in [1.54, 1.807) is 5.82 Å². The molecule has 1 aromatic rings. The molecule has 2 nitrogen and oxygen atoms in total. The summed E-state index contributed by atoms with van der Waals surface area (Å²) in [4.78, 5) is 0. The molecule has 0 aliphatic carbocycles. The second-order valence-corrected chi connectivity index (χ2v) is 6.33. The van der Waals surface area contributed by atoms with Crippen LogP contribution < -0.4 is 4.57 Å². The van der Waals surface area contributed by atoms with E-state index in [-0.39, 0.29) is 0 Å². The Morgan fingerprint density at radius 3 is 2.19 bits per heavy atom. The summed E-state index contributed by atoms with van der Waals surface area (Å²) in [6, 6.07) is 0. The average molecular weight is 294 g/mol. The highest BCUT2D eigenvalue weighted by atomic mass is 15.1. The smallest absolute Gasteiger partial charge is 0.234 e. The van der Waals surface area contributed by atoms with Gasteiger partial charge in [0.25, 0.3) is 5.82 Å². The summed E-state index contributed by atoms with van der Waals surface area (Å²) in [7, 11) is 0. The number of unbranched alkanes of at least 4 members (excludes halogenated alkanes) is 7. The van der Waals surface area contributed by atoms with Crippen molar-refractivity contribution in [3.05, 3.63) is 18.2 Å². The van der Waals surface area contributed by atoms with Crippen LogP contribution in [0.2, 0.25) is 0 Å². The third-order valence-corrected chi connectivity index (χ3v) is 4.35. The molecule has 0 bridgehead atoms. The van der Waals surface area contributed by atoms with Gasteiger partial charge in [0.05, 0.1) is 13.1 Å². The SMILES string of the molecule is CCCCCCCc1n(CCCC)cc[n+]1CCCCC. The van der Waals surface area contributed by atoms with Crippen LogP contribution in [0.5, 0.6) is 0 Å². The number of nitrogens with zero attached hydrogens (tertiary/aromatic N) is 2. The zero-order valence-electron chi connectivity index (χ0n) is 14.7. The Bertz CT molecular complexity index is 354. The third kappa shape index (κ3) is 7.15. The van der Waals surface area contributed by atoms with Gasteiger partial charge in [-0.25, -0.2) is 9.13 Å². The van der Waals surface area contributed by atoms with Crippen LogP contribution in [0.3, 0.4) is 0 Å². The zero-order valence-corrected chi connectivity index (χ0v) is 14.7. The fourth-order valence-corrected chi connectivity index (χ4v) is 2.94. The first kappa shape index (κ1) is 18.3. The number of hydrogen-bond acceptors (Lipinski definition) is 0. The molecule has 0 saturated heterocycles. The number of rotatable bonds is 13. The summed E-state index contributed by atoms with van der Waals surface area (Å²) >= 11 is 0. The summed E-state index contributed by atoms with van der Waals surface area (Å²) in [5.74, 6) is 1.57. The monoisotopic (exact) mass is 293 g/mol. The van der Waals surface area contributed by atoms with Gasteiger partial charge in [-0.15, -0.1) is 0 Å². The van der Waals surface area contributed by atoms with Crippen LogP contribution >= 0.6 is 0 Å². The minimum absolute atomic E-state index is 1.20. The van der Waals surface area contributed by atoms with Crippen molar-refractivity contribution >= 4 is 0 Å². The molecule has 0 amide bonds. The van der Waals surface area contributed by atoms with Crippen LogP contribution in [0.4, 0.5) is 0 Å². The quantitative estimate of drug-likeness (QED) is 0.346. The fraction of sp³-hybridized carbons (Fsp3) is 0.842. The third-order valence-electron chi connectivity index (χ3n) is 4.35. The molecule has 0 aliphatic heterocycles. The van der Waals surface area contributed by atoms with Gasteiger partial charge in [0.15, 0.2) is 0 Å². The van der Waals surface area contributed by atoms with E-state index in [0.717, 1.165) is 0 Å². The van der Waals surface area contributed by atoms with Gasteiger partial charge in [-0.2, -0.15) is 0 Å². The van der Waals surface area contributed by atoms with Gasteiger partial charge in [0.2, 0.25) is 0 Å². The van der Waals surface area contributed by atoms with E-state index in [1.807, 2.05) is 0 Å². The van der Waals surface area contributed by atoms with Gasteiger partial charge in [0, 0.05) is 6.42 Å². The summed E-state index contributed by atoms with van der Waals surface area (Å²) < 4.78 is 5.03. The van der Waals surface area contributed by atoms with E-state index in [2.05, 4.69) is 42.3 Å². The predicted molar refractivity (Wildman–Crippen MR) is 91.5 cm³/mol. The Morgan fingerprint density at radius 2 is 1.48 bits per heavy atom. The molecule has 122 valence electrons. The molecule has 1 heterocycles. The molecule has 1 rings (SSSR count). The molecule has 0 spiro atoms. The lowest BCUT2D eigenvalue weighted by atomic mass is 10.1. The second kappa shape index (κ2) is 11.8. The Morgan fingerprint density at radius 1 is 0.810 bits per heavy atom. The first-order valence-electron chi connectivity index (χ1n) is 9.40. The van der Waals surface area contributed by atoms with Crippen LogP contribution in [0, 0.1) is 0 Å². The van der Waals surface area contributed by atoms with Crippen molar-refractivity contribution in [3.63, 3.8) is 0 Å². The molecule has 0 fully saturated rings. The Balaban J connectivity index is 2.53. The van der Waals surface area contributed by atoms with E-state index in [1.165, 1.54) is 83.7 Å². The summed E-state index contributed by atoms with van der Waals surface area (Å²) in [6.45, 7) is 9.26. The van der Waals surface area contributed by atoms with Crippen molar-refractivity contribution in [2.24, 2.45) is 0 Å². The topological polar surface area (TPSA) is 8.81 Å². The van der Waals surface area contributed by atoms with Gasteiger partial charge in [-0.1, -0.05) is 59.3 Å². The van der Waals surface area contributed by atoms with E-state index in [4.69, 9.17) is 0 Å². The number of imidazole rings is 1. The van der Waals surface area contributed by atoms with Crippen LogP contribution in [-0.4, -0.2) is 4.57 Å². The van der Waals surface area contributed by atoms with Crippen molar-refractivity contribution in [3.8, 4) is 0 Å². The normalized spacial score (nSPS) is 11.2. The van der Waals surface area contributed by atoms with Crippen molar-refractivity contribution in [1.29, 1.82) is 0 Å². The Hall–Kier alpha value is -0.790. The van der Waals surface area contributed by atoms with Crippen molar-refractivity contribution in [2.45, 2.75) is 104 Å². The Labute approximate surface area is 132 Å². The highest BCUT2D eigenvalue weighted by Crippen LogP contribution is 2.09. The standard InChI is InChI=1S/C19H37N2/c1-4-7-10-11-12-14-19-20(15-9-6-3)17-18-21(19)16-13-8-5-2/h17-18H,4-16H2,1-3H3/q+1. The number of aryl methyl sites for hydroxylation is 2. The van der Waals surface area contributed by atoms with Crippen molar-refractivity contribution < 1.29 is 4.57 Å². The van der Waals surface area contributed by atoms with Gasteiger partial charge < -0.3 is 0 Å². The van der Waals surface area contributed by atoms with Gasteiger partial charge in [-0.3, -0.25) is 0 Å². The van der Waals surface area contributed by atoms with E-state index < -0.39 is 0 Å². The maximum Gasteiger partial charge on any atom is 0.256 e. The van der Waals surface area contributed by atoms with Crippen molar-refractivity contribution in [1.82, 2.24) is 4.57 Å². The minimum Gasteiger partial charge on any atom is -0.234 e. The fourth-order valence-electron chi connectivity index (χ4n) is 2.94. The van der Waals surface area contributed by atoms with Crippen LogP contribution in [0.1, 0.15) is 90.8 Å². The lowest BCUT2D eigenvalue weighted by Gasteiger charge is -2.05. The molecular formula is C19H37N2+. The molecule has 0 radical (unpaired) electrons. The highest BCUT2D eigenvalue weighted by Gasteiger charge is 2.15. The van der Waals surface area contributed by atoms with Gasteiger partial charge >= 0.3 is 0 Å². The minimum atomic E-state index is 1.20. The van der Waals surface area contributed by atoms with E-state index in [0.29, 0.717) is 0 Å². The van der Waals surface area contributed by atoms with Crippen LogP contribution in [0.25, 0.3) is 0 Å². The maximum atomic E-state index is 2.52. The summed E-state index contributed by atoms with van der Waals surface area (Å²) in [6.07, 6.45) is 19.3. The molecule has 0 atom stereocenters. The first-order valence-corrected chi connectivity index (χ1v) is 9.40. The zero-order chi connectivity index (χ0) is 15.3. The van der Waals surface area contributed by atoms with E-state index >= 15 is 0 Å². The van der Waals surface area contributed by atoms with E-state index in [9.17, 15) is 0 Å². The molecule has 0 aromatic carbocycles. The molecule has 2 heteroatoms. The molecular weight excluding hydrogens is 256 g/mol. The molecule has 0 saturated carbocycles. The van der Waals surface area contributed by atoms with Crippen LogP contribution in [0.15, 0.2) is 12.4 Å². The predicted octanol–water partition coefficient (Wildman–Crippen LogP) is 5.28. The van der Waals surface area contributed by atoms with Crippen LogP contribution in [-0.2, 0) is 19.5 Å². The lowest BCUT2D eigenvalue weighted by molar-refractivity contribution is -0.704. The molecule has 21 heavy (non-hydrogen) atoms. The summed E-state index contributed by atoms with van der Waals surface area (Å²) in [5.41, 5.74) is 0. The maximum absolute atomic E-state index is 2.52. The lowest BCUT2D eigenvalue weighted by Crippen LogP contribution is -2.37. The Kier molecular flexibility index (Phi) is 10.3. The largest absolute Gasteiger partial charge is 0.256 e. The van der Waals surface area contributed by atoms with Gasteiger partial charge in [0.1, 0.15) is 12.4 Å². The summed E-state index contributed by atoms with van der Waals surface area (Å²) in [5, 5.41) is 0. The molecule has 0 aliphatic rings. The molecule has 0 N–H and O–H groups in total. The second-order valence-electron chi connectivity index (χ2n) is 6.33.